The third kappa shape index (κ3) is 4.89. The SMILES string of the molecule is CN(C)c1ccc(CSSNC(=O)C(N)=O)cc1. The summed E-state index contributed by atoms with van der Waals surface area (Å²) in [5.41, 5.74) is 7.08. The summed E-state index contributed by atoms with van der Waals surface area (Å²) in [5, 5.41) is 0. The monoisotopic (exact) mass is 285 g/mol. The molecule has 0 aromatic heterocycles. The first-order valence-electron chi connectivity index (χ1n) is 5.15. The Morgan fingerprint density at radius 1 is 1.28 bits per heavy atom. The van der Waals surface area contributed by atoms with Gasteiger partial charge in [0.15, 0.2) is 0 Å². The van der Waals surface area contributed by atoms with Gasteiger partial charge in [0.25, 0.3) is 0 Å². The van der Waals surface area contributed by atoms with E-state index in [0.29, 0.717) is 0 Å². The molecule has 0 radical (unpaired) electrons. The molecule has 0 bridgehead atoms. The fraction of sp³-hybridized carbons (Fsp3) is 0.273. The molecular weight excluding hydrogens is 270 g/mol. The molecule has 0 heterocycles. The molecular formula is C11H15N3O2S2. The Labute approximate surface area is 114 Å². The van der Waals surface area contributed by atoms with Crippen LogP contribution in [0.1, 0.15) is 5.56 Å². The van der Waals surface area contributed by atoms with Gasteiger partial charge in [-0.1, -0.05) is 22.9 Å². The van der Waals surface area contributed by atoms with Crippen LogP contribution in [0.4, 0.5) is 5.69 Å². The van der Waals surface area contributed by atoms with E-state index in [1.165, 1.54) is 10.8 Å². The topological polar surface area (TPSA) is 75.4 Å². The summed E-state index contributed by atoms with van der Waals surface area (Å²) in [4.78, 5) is 23.3. The highest BCUT2D eigenvalue weighted by atomic mass is 33.1. The summed E-state index contributed by atoms with van der Waals surface area (Å²) in [5.74, 6) is -1.02. The average Bonchev–Trinajstić information content (AvgIpc) is 2.34. The quantitative estimate of drug-likeness (QED) is 0.367. The molecule has 0 aliphatic heterocycles. The molecule has 0 fully saturated rings. The Bertz CT molecular complexity index is 421. The Kier molecular flexibility index (Phi) is 5.87. The summed E-state index contributed by atoms with van der Waals surface area (Å²) < 4.78 is 2.34. The van der Waals surface area contributed by atoms with Crippen LogP contribution < -0.4 is 15.4 Å². The van der Waals surface area contributed by atoms with Gasteiger partial charge in [0.05, 0.1) is 0 Å². The molecule has 0 saturated heterocycles. The summed E-state index contributed by atoms with van der Waals surface area (Å²) in [6, 6.07) is 8.11. The first-order chi connectivity index (χ1) is 8.50. The molecule has 7 heteroatoms. The Hall–Kier alpha value is -1.34. The highest BCUT2D eigenvalue weighted by Gasteiger charge is 2.07. The van der Waals surface area contributed by atoms with Crippen LogP contribution in [0.5, 0.6) is 0 Å². The number of hydrogen-bond acceptors (Lipinski definition) is 5. The largest absolute Gasteiger partial charge is 0.378 e. The van der Waals surface area contributed by atoms with E-state index in [1.807, 2.05) is 43.3 Å². The standard InChI is InChI=1S/C11H15N3O2S2/c1-14(2)9-5-3-8(4-6-9)7-17-18-13-11(16)10(12)15/h3-6H,7H2,1-2H3,(H2,12,15)(H,13,16). The van der Waals surface area contributed by atoms with Crippen LogP contribution in [0.2, 0.25) is 0 Å². The molecule has 0 aliphatic carbocycles. The lowest BCUT2D eigenvalue weighted by atomic mass is 10.2. The van der Waals surface area contributed by atoms with E-state index >= 15 is 0 Å². The van der Waals surface area contributed by atoms with E-state index in [1.54, 1.807) is 0 Å². The molecule has 5 nitrogen and oxygen atoms in total. The minimum Gasteiger partial charge on any atom is -0.378 e. The number of benzene rings is 1. The van der Waals surface area contributed by atoms with E-state index in [9.17, 15) is 9.59 Å². The number of anilines is 1. The van der Waals surface area contributed by atoms with Crippen LogP contribution in [-0.4, -0.2) is 25.9 Å². The zero-order valence-electron chi connectivity index (χ0n) is 10.2. The predicted octanol–water partition coefficient (Wildman–Crippen LogP) is 1.15. The number of carbonyl (C=O) groups excluding carboxylic acids is 2. The third-order valence-corrected chi connectivity index (χ3v) is 3.89. The molecule has 18 heavy (non-hydrogen) atoms. The van der Waals surface area contributed by atoms with Gasteiger partial charge in [-0.15, -0.1) is 0 Å². The maximum absolute atomic E-state index is 10.8. The number of amides is 2. The molecule has 98 valence electrons. The molecule has 0 spiro atoms. The molecule has 1 aromatic carbocycles. The number of carbonyl (C=O) groups is 2. The Balaban J connectivity index is 2.31. The van der Waals surface area contributed by atoms with Crippen molar-refractivity contribution in [2.75, 3.05) is 19.0 Å². The molecule has 1 rings (SSSR count). The molecule has 0 atom stereocenters. The first kappa shape index (κ1) is 14.7. The summed E-state index contributed by atoms with van der Waals surface area (Å²) in [6.45, 7) is 0. The maximum Gasteiger partial charge on any atom is 0.319 e. The van der Waals surface area contributed by atoms with E-state index < -0.39 is 11.8 Å². The Morgan fingerprint density at radius 2 is 1.89 bits per heavy atom. The lowest BCUT2D eigenvalue weighted by Crippen LogP contribution is -2.31. The normalized spacial score (nSPS) is 9.89. The van der Waals surface area contributed by atoms with Crippen molar-refractivity contribution in [2.45, 2.75) is 5.75 Å². The summed E-state index contributed by atoms with van der Waals surface area (Å²) in [7, 11) is 6.50. The van der Waals surface area contributed by atoms with Gasteiger partial charge in [-0.05, 0) is 17.7 Å². The summed E-state index contributed by atoms with van der Waals surface area (Å²) in [6.07, 6.45) is 0. The second-order valence-electron chi connectivity index (χ2n) is 3.70. The van der Waals surface area contributed by atoms with Crippen molar-refractivity contribution in [3.63, 3.8) is 0 Å². The highest BCUT2D eigenvalue weighted by molar-refractivity contribution is 8.75. The van der Waals surface area contributed by atoms with E-state index in [-0.39, 0.29) is 0 Å². The van der Waals surface area contributed by atoms with Crippen molar-refractivity contribution in [3.8, 4) is 0 Å². The molecule has 0 aliphatic rings. The van der Waals surface area contributed by atoms with Crippen LogP contribution in [0.15, 0.2) is 24.3 Å². The number of nitrogens with two attached hydrogens (primary N) is 1. The van der Waals surface area contributed by atoms with Crippen LogP contribution in [-0.2, 0) is 15.3 Å². The first-order valence-corrected chi connectivity index (χ1v) is 7.47. The maximum atomic E-state index is 10.8. The van der Waals surface area contributed by atoms with E-state index in [4.69, 9.17) is 5.73 Å². The number of hydrogen-bond donors (Lipinski definition) is 2. The van der Waals surface area contributed by atoms with Gasteiger partial charge in [-0.2, -0.15) is 0 Å². The lowest BCUT2D eigenvalue weighted by Gasteiger charge is -2.12. The summed E-state index contributed by atoms with van der Waals surface area (Å²) >= 11 is 0. The van der Waals surface area contributed by atoms with Crippen molar-refractivity contribution < 1.29 is 9.59 Å². The second kappa shape index (κ2) is 7.17. The predicted molar refractivity (Wildman–Crippen MR) is 77.0 cm³/mol. The minimum absolute atomic E-state index is 0.734. The third-order valence-electron chi connectivity index (χ3n) is 2.10. The second-order valence-corrected chi connectivity index (χ2v) is 5.80. The van der Waals surface area contributed by atoms with Crippen molar-refractivity contribution in [1.82, 2.24) is 4.72 Å². The zero-order valence-corrected chi connectivity index (χ0v) is 11.8. The number of nitrogens with one attached hydrogen (secondary N) is 1. The van der Waals surface area contributed by atoms with Crippen molar-refractivity contribution >= 4 is 39.3 Å². The molecule has 0 saturated carbocycles. The fourth-order valence-electron chi connectivity index (χ4n) is 1.11. The van der Waals surface area contributed by atoms with Gasteiger partial charge in [0.1, 0.15) is 0 Å². The van der Waals surface area contributed by atoms with E-state index in [0.717, 1.165) is 28.0 Å². The van der Waals surface area contributed by atoms with Crippen LogP contribution in [0.25, 0.3) is 0 Å². The molecule has 3 N–H and O–H groups in total. The number of primary amides is 1. The van der Waals surface area contributed by atoms with Crippen molar-refractivity contribution in [3.05, 3.63) is 29.8 Å². The number of rotatable bonds is 5. The van der Waals surface area contributed by atoms with Crippen LogP contribution in [0.3, 0.4) is 0 Å². The van der Waals surface area contributed by atoms with E-state index in [2.05, 4.69) is 4.72 Å². The fourth-order valence-corrected chi connectivity index (χ4v) is 2.72. The van der Waals surface area contributed by atoms with Gasteiger partial charge < -0.3 is 10.6 Å². The lowest BCUT2D eigenvalue weighted by molar-refractivity contribution is -0.136. The Morgan fingerprint density at radius 3 is 2.39 bits per heavy atom. The minimum atomic E-state index is -0.974. The average molecular weight is 285 g/mol. The smallest absolute Gasteiger partial charge is 0.319 e. The van der Waals surface area contributed by atoms with Gasteiger partial charge in [-0.3, -0.25) is 14.3 Å². The molecule has 1 aromatic rings. The van der Waals surface area contributed by atoms with Gasteiger partial charge >= 0.3 is 11.8 Å². The van der Waals surface area contributed by atoms with Gasteiger partial charge in [-0.25, -0.2) is 0 Å². The molecule has 2 amide bonds. The van der Waals surface area contributed by atoms with Crippen LogP contribution in [0, 0.1) is 0 Å². The van der Waals surface area contributed by atoms with Crippen molar-refractivity contribution in [1.29, 1.82) is 0 Å². The van der Waals surface area contributed by atoms with Gasteiger partial charge in [0, 0.05) is 36.5 Å². The van der Waals surface area contributed by atoms with Crippen molar-refractivity contribution in [2.24, 2.45) is 5.73 Å². The molecule has 0 unspecified atom stereocenters. The highest BCUT2D eigenvalue weighted by Crippen LogP contribution is 2.24. The number of nitrogens with zero attached hydrogens (tertiary/aromatic N) is 1. The van der Waals surface area contributed by atoms with Crippen LogP contribution >= 0.6 is 21.8 Å². The zero-order chi connectivity index (χ0) is 13.5. The van der Waals surface area contributed by atoms with Gasteiger partial charge in [0.2, 0.25) is 0 Å².